The molecule has 12 heteroatoms. The third-order valence-electron chi connectivity index (χ3n) is 8.73. The Morgan fingerprint density at radius 1 is 1.20 bits per heavy atom. The second kappa shape index (κ2) is 14.5. The number of hydrogen-bond acceptors (Lipinski definition) is 10. The summed E-state index contributed by atoms with van der Waals surface area (Å²) in [4.78, 5) is 16.6. The standard InChI is InChI=1S/C34H41N11O/c1-43-30(19-25-4-3-5-26(18-25)28(21-36)22-37-11-15-44-12-8-24(20-35)9-13-44)32-29(41-43)7-6-27-23-38-34(40-33(27)32)39-31-10-14-45(42-31)16-17-46-2/h3-5,10,14,18,21-24H,6-9,11-13,15-17,19,36H2,1-2H3,(H,38,39,40,42)/b28-21+,37-22?. The molecule has 0 atom stereocenters. The Balaban J connectivity index is 1.16. The van der Waals surface area contributed by atoms with Crippen LogP contribution in [-0.2, 0) is 37.6 Å². The summed E-state index contributed by atoms with van der Waals surface area (Å²) in [5.74, 6) is 1.38. The highest BCUT2D eigenvalue weighted by atomic mass is 16.5. The number of benzene rings is 1. The number of nitrogens with two attached hydrogens (primary N) is 1. The molecule has 1 aromatic carbocycles. The SMILES string of the molecule is COCCn1ccc(Nc2ncc3c(n2)-c2c(nn(C)c2Cc2cccc(/C(C=NCCN4CCC(C#N)CC4)=C/N)c2)CC3)n1. The lowest BCUT2D eigenvalue weighted by atomic mass is 9.91. The van der Waals surface area contributed by atoms with Gasteiger partial charge < -0.3 is 20.7 Å². The monoisotopic (exact) mass is 619 g/mol. The molecular weight excluding hydrogens is 578 g/mol. The van der Waals surface area contributed by atoms with Gasteiger partial charge in [0.2, 0.25) is 5.95 Å². The first-order chi connectivity index (χ1) is 22.5. The van der Waals surface area contributed by atoms with Gasteiger partial charge >= 0.3 is 0 Å². The second-order valence-corrected chi connectivity index (χ2v) is 11.8. The number of allylic oxidation sites excluding steroid dienone is 1. The van der Waals surface area contributed by atoms with E-state index in [2.05, 4.69) is 55.6 Å². The van der Waals surface area contributed by atoms with Crippen molar-refractivity contribution in [2.75, 3.05) is 45.2 Å². The predicted octanol–water partition coefficient (Wildman–Crippen LogP) is 3.76. The Bertz CT molecular complexity index is 1750. The van der Waals surface area contributed by atoms with E-state index in [0.717, 1.165) is 90.2 Å². The number of rotatable bonds is 12. The van der Waals surface area contributed by atoms with E-state index in [0.29, 0.717) is 37.9 Å². The van der Waals surface area contributed by atoms with Crippen LogP contribution in [0.25, 0.3) is 16.8 Å². The molecule has 1 aliphatic carbocycles. The molecule has 0 saturated carbocycles. The van der Waals surface area contributed by atoms with Crippen molar-refractivity contribution >= 4 is 23.6 Å². The zero-order valence-corrected chi connectivity index (χ0v) is 26.6. The number of hydrogen-bond donors (Lipinski definition) is 2. The third-order valence-corrected chi connectivity index (χ3v) is 8.73. The van der Waals surface area contributed by atoms with E-state index in [1.807, 2.05) is 41.1 Å². The van der Waals surface area contributed by atoms with Crippen molar-refractivity contribution in [1.82, 2.24) is 34.4 Å². The van der Waals surface area contributed by atoms with Crippen LogP contribution in [0, 0.1) is 17.2 Å². The number of aromatic nitrogens is 6. The Morgan fingerprint density at radius 2 is 2.07 bits per heavy atom. The molecule has 0 amide bonds. The number of nitriles is 1. The zero-order chi connectivity index (χ0) is 31.9. The number of aryl methyl sites for hydroxylation is 3. The lowest BCUT2D eigenvalue weighted by Gasteiger charge is -2.28. The van der Waals surface area contributed by atoms with Gasteiger partial charge in [0.1, 0.15) is 0 Å². The van der Waals surface area contributed by atoms with E-state index >= 15 is 0 Å². The Kier molecular flexibility index (Phi) is 9.81. The Hall–Kier alpha value is -4.86. The third kappa shape index (κ3) is 7.17. The van der Waals surface area contributed by atoms with Crippen LogP contribution in [0.1, 0.15) is 40.9 Å². The molecular formula is C34H41N11O. The highest BCUT2D eigenvalue weighted by Crippen LogP contribution is 2.36. The van der Waals surface area contributed by atoms with Gasteiger partial charge in [0.05, 0.1) is 42.8 Å². The molecule has 4 heterocycles. The van der Waals surface area contributed by atoms with E-state index in [4.69, 9.17) is 25.8 Å². The summed E-state index contributed by atoms with van der Waals surface area (Å²) in [6.07, 6.45) is 11.6. The van der Waals surface area contributed by atoms with Crippen LogP contribution in [0.4, 0.5) is 11.8 Å². The molecule has 0 spiro atoms. The van der Waals surface area contributed by atoms with Crippen LogP contribution < -0.4 is 11.1 Å². The molecule has 0 radical (unpaired) electrons. The van der Waals surface area contributed by atoms with Gasteiger partial charge in [0, 0.05) is 75.1 Å². The Morgan fingerprint density at radius 3 is 2.87 bits per heavy atom. The number of ether oxygens (including phenoxy) is 1. The van der Waals surface area contributed by atoms with Crippen LogP contribution in [0.2, 0.25) is 0 Å². The van der Waals surface area contributed by atoms with Gasteiger partial charge in [0.25, 0.3) is 0 Å². The molecule has 4 aromatic rings. The van der Waals surface area contributed by atoms with Gasteiger partial charge in [-0.05, 0) is 55.5 Å². The summed E-state index contributed by atoms with van der Waals surface area (Å²) in [6, 6.07) is 12.7. The van der Waals surface area contributed by atoms with Crippen molar-refractivity contribution in [2.24, 2.45) is 23.7 Å². The van der Waals surface area contributed by atoms with Gasteiger partial charge in [-0.25, -0.2) is 9.97 Å². The summed E-state index contributed by atoms with van der Waals surface area (Å²) in [6.45, 7) is 4.77. The first-order valence-electron chi connectivity index (χ1n) is 15.9. The quantitative estimate of drug-likeness (QED) is 0.226. The molecule has 2 aliphatic rings. The minimum absolute atomic E-state index is 0.196. The molecule has 1 fully saturated rings. The van der Waals surface area contributed by atoms with Crippen molar-refractivity contribution in [3.05, 3.63) is 77.0 Å². The number of anilines is 2. The van der Waals surface area contributed by atoms with Crippen molar-refractivity contribution in [3.63, 3.8) is 0 Å². The van der Waals surface area contributed by atoms with Crippen LogP contribution in [0.3, 0.4) is 0 Å². The van der Waals surface area contributed by atoms with Gasteiger partial charge in [-0.15, -0.1) is 0 Å². The highest BCUT2D eigenvalue weighted by Gasteiger charge is 2.26. The Labute approximate surface area is 269 Å². The summed E-state index contributed by atoms with van der Waals surface area (Å²) in [7, 11) is 3.68. The molecule has 0 unspecified atom stereocenters. The normalized spacial score (nSPS) is 15.5. The smallest absolute Gasteiger partial charge is 0.228 e. The molecule has 6 rings (SSSR count). The molecule has 1 saturated heterocycles. The number of piperidine rings is 1. The summed E-state index contributed by atoms with van der Waals surface area (Å²) in [5, 5.41) is 21.8. The molecule has 0 bridgehead atoms. The van der Waals surface area contributed by atoms with E-state index in [1.54, 1.807) is 13.3 Å². The van der Waals surface area contributed by atoms with Crippen LogP contribution >= 0.6 is 0 Å². The number of likely N-dealkylation sites (tertiary alicyclic amines) is 1. The molecule has 238 valence electrons. The maximum atomic E-state index is 9.13. The van der Waals surface area contributed by atoms with E-state index in [-0.39, 0.29) is 5.92 Å². The van der Waals surface area contributed by atoms with Gasteiger partial charge in [-0.1, -0.05) is 24.3 Å². The largest absolute Gasteiger partial charge is 0.404 e. The van der Waals surface area contributed by atoms with Crippen molar-refractivity contribution < 1.29 is 4.74 Å². The molecule has 1 aliphatic heterocycles. The fourth-order valence-electron chi connectivity index (χ4n) is 6.16. The van der Waals surface area contributed by atoms with Crippen molar-refractivity contribution in [3.8, 4) is 17.3 Å². The number of methoxy groups -OCH3 is 1. The topological polar surface area (TPSA) is 148 Å². The van der Waals surface area contributed by atoms with Crippen LogP contribution in [0.15, 0.2) is 53.9 Å². The summed E-state index contributed by atoms with van der Waals surface area (Å²) >= 11 is 0. The van der Waals surface area contributed by atoms with Gasteiger partial charge in [0.15, 0.2) is 5.82 Å². The van der Waals surface area contributed by atoms with Crippen LogP contribution in [-0.4, -0.2) is 80.5 Å². The van der Waals surface area contributed by atoms with Gasteiger partial charge in [-0.2, -0.15) is 15.5 Å². The molecule has 3 aromatic heterocycles. The number of fused-ring (bicyclic) bond motifs is 3. The van der Waals surface area contributed by atoms with Crippen molar-refractivity contribution in [2.45, 2.75) is 38.6 Å². The fraction of sp³-hybridized carbons (Fsp3) is 0.412. The lowest BCUT2D eigenvalue weighted by molar-refractivity contribution is 0.183. The lowest BCUT2D eigenvalue weighted by Crippen LogP contribution is -2.35. The van der Waals surface area contributed by atoms with Gasteiger partial charge in [-0.3, -0.25) is 14.4 Å². The zero-order valence-electron chi connectivity index (χ0n) is 26.6. The molecule has 3 N–H and O–H groups in total. The van der Waals surface area contributed by atoms with E-state index < -0.39 is 0 Å². The minimum Gasteiger partial charge on any atom is -0.404 e. The highest BCUT2D eigenvalue weighted by molar-refractivity contribution is 6.09. The number of nitrogens with one attached hydrogen (secondary N) is 1. The summed E-state index contributed by atoms with van der Waals surface area (Å²) < 4.78 is 8.97. The first-order valence-corrected chi connectivity index (χ1v) is 15.9. The predicted molar refractivity (Wildman–Crippen MR) is 179 cm³/mol. The minimum atomic E-state index is 0.196. The second-order valence-electron chi connectivity index (χ2n) is 11.8. The summed E-state index contributed by atoms with van der Waals surface area (Å²) in [5.41, 5.74) is 14.4. The average Bonchev–Trinajstić information content (AvgIpc) is 3.67. The number of aliphatic imine (C=N–C) groups is 1. The fourth-order valence-corrected chi connectivity index (χ4v) is 6.16. The first kappa shape index (κ1) is 31.1. The van der Waals surface area contributed by atoms with Crippen molar-refractivity contribution in [1.29, 1.82) is 5.26 Å². The maximum Gasteiger partial charge on any atom is 0.228 e. The van der Waals surface area contributed by atoms with E-state index in [9.17, 15) is 0 Å². The molecule has 46 heavy (non-hydrogen) atoms. The number of nitrogens with zero attached hydrogens (tertiary/aromatic N) is 9. The van der Waals surface area contributed by atoms with E-state index in [1.165, 1.54) is 0 Å². The maximum absolute atomic E-state index is 9.13. The average molecular weight is 620 g/mol. The molecule has 12 nitrogen and oxygen atoms in total. The van der Waals surface area contributed by atoms with Crippen LogP contribution in [0.5, 0.6) is 0 Å².